The second kappa shape index (κ2) is 8.25. The third-order valence-corrected chi connectivity index (χ3v) is 5.27. The summed E-state index contributed by atoms with van der Waals surface area (Å²) in [6, 6.07) is 8.34. The Hall–Kier alpha value is -2.21. The van der Waals surface area contributed by atoms with E-state index < -0.39 is 5.97 Å². The number of esters is 1. The van der Waals surface area contributed by atoms with Gasteiger partial charge in [-0.1, -0.05) is 44.0 Å². The van der Waals surface area contributed by atoms with Gasteiger partial charge in [0.15, 0.2) is 12.3 Å². The van der Waals surface area contributed by atoms with E-state index in [1.54, 1.807) is 5.38 Å². The van der Waals surface area contributed by atoms with E-state index in [2.05, 4.69) is 29.4 Å². The molecular weight excluding hydrogens is 336 g/mol. The van der Waals surface area contributed by atoms with Crippen molar-refractivity contribution in [3.63, 3.8) is 0 Å². The molecule has 1 saturated carbocycles. The van der Waals surface area contributed by atoms with Gasteiger partial charge in [-0.05, 0) is 24.8 Å². The van der Waals surface area contributed by atoms with Crippen molar-refractivity contribution in [1.29, 1.82) is 0 Å². The van der Waals surface area contributed by atoms with Gasteiger partial charge in [-0.2, -0.15) is 0 Å². The van der Waals surface area contributed by atoms with Gasteiger partial charge in [0.25, 0.3) is 5.91 Å². The van der Waals surface area contributed by atoms with Gasteiger partial charge >= 0.3 is 5.97 Å². The molecule has 0 unspecified atom stereocenters. The summed E-state index contributed by atoms with van der Waals surface area (Å²) in [6.07, 6.45) is 5.29. The summed E-state index contributed by atoms with van der Waals surface area (Å²) in [5.41, 5.74) is 2.47. The first kappa shape index (κ1) is 17.6. The van der Waals surface area contributed by atoms with E-state index in [1.807, 2.05) is 12.1 Å². The van der Waals surface area contributed by atoms with Gasteiger partial charge in [0.2, 0.25) is 0 Å². The Morgan fingerprint density at radius 2 is 1.96 bits per heavy atom. The van der Waals surface area contributed by atoms with Crippen LogP contribution >= 0.6 is 11.3 Å². The maximum absolute atomic E-state index is 12.1. The van der Waals surface area contributed by atoms with Crippen molar-refractivity contribution >= 4 is 23.2 Å². The van der Waals surface area contributed by atoms with Crippen LogP contribution in [0.25, 0.3) is 10.6 Å². The van der Waals surface area contributed by atoms with Crippen LogP contribution in [-0.2, 0) is 16.0 Å². The number of ether oxygens (including phenoxy) is 1. The van der Waals surface area contributed by atoms with Crippen LogP contribution in [0.1, 0.15) is 48.7 Å². The molecule has 1 amide bonds. The fourth-order valence-corrected chi connectivity index (χ4v) is 3.72. The van der Waals surface area contributed by atoms with E-state index in [9.17, 15) is 9.59 Å². The third kappa shape index (κ3) is 4.66. The van der Waals surface area contributed by atoms with Crippen molar-refractivity contribution in [2.45, 2.75) is 45.1 Å². The van der Waals surface area contributed by atoms with Crippen LogP contribution in [0, 0.1) is 0 Å². The molecule has 25 heavy (non-hydrogen) atoms. The van der Waals surface area contributed by atoms with Crippen molar-refractivity contribution in [3.05, 3.63) is 40.9 Å². The average Bonchev–Trinajstić information content (AvgIpc) is 3.31. The Labute approximate surface area is 151 Å². The average molecular weight is 358 g/mol. The summed E-state index contributed by atoms with van der Waals surface area (Å²) in [5, 5.41) is 5.33. The van der Waals surface area contributed by atoms with Gasteiger partial charge in [-0.25, -0.2) is 9.78 Å². The number of hydrogen-bond acceptors (Lipinski definition) is 5. The Balaban J connectivity index is 1.53. The van der Waals surface area contributed by atoms with Crippen molar-refractivity contribution in [2.24, 2.45) is 0 Å². The molecule has 1 aromatic heterocycles. The largest absolute Gasteiger partial charge is 0.451 e. The summed E-state index contributed by atoms with van der Waals surface area (Å²) in [6.45, 7) is 1.85. The number of rotatable bonds is 6. The lowest BCUT2D eigenvalue weighted by Crippen LogP contribution is -2.35. The van der Waals surface area contributed by atoms with Crippen LogP contribution in [0.4, 0.5) is 0 Å². The smallest absolute Gasteiger partial charge is 0.358 e. The van der Waals surface area contributed by atoms with Crippen LogP contribution in [0.5, 0.6) is 0 Å². The number of hydrogen-bond donors (Lipinski definition) is 1. The quantitative estimate of drug-likeness (QED) is 0.801. The van der Waals surface area contributed by atoms with E-state index >= 15 is 0 Å². The fourth-order valence-electron chi connectivity index (χ4n) is 2.93. The number of benzene rings is 1. The van der Waals surface area contributed by atoms with Crippen LogP contribution in [0.15, 0.2) is 29.6 Å². The molecule has 0 radical (unpaired) electrons. The van der Waals surface area contributed by atoms with Crippen molar-refractivity contribution < 1.29 is 14.3 Å². The molecule has 1 aromatic carbocycles. The van der Waals surface area contributed by atoms with E-state index in [4.69, 9.17) is 4.74 Å². The molecule has 1 heterocycles. The normalized spacial score (nSPS) is 14.4. The highest BCUT2D eigenvalue weighted by molar-refractivity contribution is 7.13. The molecule has 0 bridgehead atoms. The minimum atomic E-state index is -0.561. The minimum absolute atomic E-state index is 0.225. The number of aryl methyl sites for hydroxylation is 1. The lowest BCUT2D eigenvalue weighted by molar-refractivity contribution is -0.124. The van der Waals surface area contributed by atoms with E-state index in [0.29, 0.717) is 0 Å². The van der Waals surface area contributed by atoms with Gasteiger partial charge in [-0.3, -0.25) is 4.79 Å². The molecule has 0 aliphatic heterocycles. The second-order valence-corrected chi connectivity index (χ2v) is 7.07. The molecule has 0 spiro atoms. The number of aromatic nitrogens is 1. The SMILES string of the molecule is CCc1ccc(-c2nc(C(=O)OCC(=O)NC3CCCC3)cs2)cc1. The van der Waals surface area contributed by atoms with Gasteiger partial charge in [-0.15, -0.1) is 11.3 Å². The first-order valence-electron chi connectivity index (χ1n) is 8.67. The van der Waals surface area contributed by atoms with E-state index in [-0.39, 0.29) is 24.2 Å². The minimum Gasteiger partial charge on any atom is -0.451 e. The Kier molecular flexibility index (Phi) is 5.81. The zero-order valence-electron chi connectivity index (χ0n) is 14.3. The highest BCUT2D eigenvalue weighted by atomic mass is 32.1. The maximum atomic E-state index is 12.1. The first-order chi connectivity index (χ1) is 12.2. The number of thiazole rings is 1. The molecule has 0 saturated heterocycles. The first-order valence-corrected chi connectivity index (χ1v) is 9.55. The predicted octanol–water partition coefficient (Wildman–Crippen LogP) is 3.59. The third-order valence-electron chi connectivity index (χ3n) is 4.38. The lowest BCUT2D eigenvalue weighted by atomic mass is 10.1. The molecule has 1 N–H and O–H groups in total. The molecule has 132 valence electrons. The van der Waals surface area contributed by atoms with Crippen molar-refractivity contribution in [1.82, 2.24) is 10.3 Å². The zero-order valence-corrected chi connectivity index (χ0v) is 15.1. The molecule has 1 aliphatic rings. The van der Waals surface area contributed by atoms with Crippen LogP contribution in [0.2, 0.25) is 0 Å². The molecular formula is C19H22N2O3S. The topological polar surface area (TPSA) is 68.3 Å². The fraction of sp³-hybridized carbons (Fsp3) is 0.421. The standard InChI is InChI=1S/C19H22N2O3S/c1-2-13-7-9-14(10-8-13)18-21-16(12-25-18)19(23)24-11-17(22)20-15-5-3-4-6-15/h7-10,12,15H,2-6,11H2,1H3,(H,20,22). The summed E-state index contributed by atoms with van der Waals surface area (Å²) >= 11 is 1.39. The zero-order chi connectivity index (χ0) is 17.6. The second-order valence-electron chi connectivity index (χ2n) is 6.21. The lowest BCUT2D eigenvalue weighted by Gasteiger charge is -2.11. The maximum Gasteiger partial charge on any atom is 0.358 e. The molecule has 1 fully saturated rings. The summed E-state index contributed by atoms with van der Waals surface area (Å²) in [4.78, 5) is 28.2. The van der Waals surface area contributed by atoms with Crippen molar-refractivity contribution in [3.8, 4) is 10.6 Å². The number of carbonyl (C=O) groups is 2. The van der Waals surface area contributed by atoms with Crippen LogP contribution in [-0.4, -0.2) is 29.5 Å². The van der Waals surface area contributed by atoms with Gasteiger partial charge in [0, 0.05) is 17.0 Å². The molecule has 6 heteroatoms. The predicted molar refractivity (Wildman–Crippen MR) is 97.6 cm³/mol. The number of nitrogens with zero attached hydrogens (tertiary/aromatic N) is 1. The number of nitrogens with one attached hydrogen (secondary N) is 1. The molecule has 1 aliphatic carbocycles. The number of carbonyl (C=O) groups excluding carboxylic acids is 2. The van der Waals surface area contributed by atoms with Gasteiger partial charge in [0.1, 0.15) is 5.01 Å². The highest BCUT2D eigenvalue weighted by Crippen LogP contribution is 2.24. The molecule has 0 atom stereocenters. The highest BCUT2D eigenvalue weighted by Gasteiger charge is 2.19. The van der Waals surface area contributed by atoms with Crippen LogP contribution < -0.4 is 5.32 Å². The van der Waals surface area contributed by atoms with E-state index in [1.165, 1.54) is 16.9 Å². The Morgan fingerprint density at radius 3 is 2.64 bits per heavy atom. The molecule has 2 aromatic rings. The Morgan fingerprint density at radius 1 is 1.24 bits per heavy atom. The van der Waals surface area contributed by atoms with Gasteiger partial charge in [0.05, 0.1) is 0 Å². The summed E-state index contributed by atoms with van der Waals surface area (Å²) < 4.78 is 5.08. The molecule has 3 rings (SSSR count). The van der Waals surface area contributed by atoms with E-state index in [0.717, 1.165) is 42.7 Å². The van der Waals surface area contributed by atoms with Crippen molar-refractivity contribution in [2.75, 3.05) is 6.61 Å². The van der Waals surface area contributed by atoms with Crippen LogP contribution in [0.3, 0.4) is 0 Å². The van der Waals surface area contributed by atoms with Gasteiger partial charge < -0.3 is 10.1 Å². The summed E-state index contributed by atoms with van der Waals surface area (Å²) in [5.74, 6) is -0.805. The monoisotopic (exact) mass is 358 g/mol. The Bertz CT molecular complexity index is 733. The molecule has 5 nitrogen and oxygen atoms in total. The summed E-state index contributed by atoms with van der Waals surface area (Å²) in [7, 11) is 0. The number of amides is 1.